The molecule has 0 saturated heterocycles. The number of sulfone groups is 1. The van der Waals surface area contributed by atoms with Crippen LogP contribution in [0, 0.1) is 13.8 Å². The third-order valence-corrected chi connectivity index (χ3v) is 13.6. The van der Waals surface area contributed by atoms with Crippen LogP contribution in [0.5, 0.6) is 11.5 Å². The van der Waals surface area contributed by atoms with E-state index in [4.69, 9.17) is 31.4 Å². The number of nitrogens with two attached hydrogens (primary N) is 1. The van der Waals surface area contributed by atoms with Crippen LogP contribution in [-0.2, 0) is 79.1 Å². The van der Waals surface area contributed by atoms with Gasteiger partial charge in [0, 0.05) is 49.4 Å². The van der Waals surface area contributed by atoms with E-state index in [9.17, 15) is 62.0 Å². The number of benzene rings is 3. The monoisotopic (exact) mass is 1060 g/mol. The van der Waals surface area contributed by atoms with Gasteiger partial charge < -0.3 is 36.1 Å². The first-order valence-electron chi connectivity index (χ1n) is 20.0. The molecule has 0 radical (unpaired) electrons. The number of hydrogen-bond donors (Lipinski definition) is 7. The minimum Gasteiger partial charge on any atom is -0.488 e. The van der Waals surface area contributed by atoms with Crippen molar-refractivity contribution in [1.29, 1.82) is 0 Å². The molecule has 0 aliphatic heterocycles. The summed E-state index contributed by atoms with van der Waals surface area (Å²) in [6.45, 7) is 2.65. The molecule has 1 heterocycles. The van der Waals surface area contributed by atoms with Crippen LogP contribution in [0.4, 0.5) is 0 Å². The molecule has 28 heteroatoms. The van der Waals surface area contributed by atoms with Crippen LogP contribution in [0.15, 0.2) is 78.0 Å². The topological polar surface area (TPSA) is 362 Å². The molecule has 69 heavy (non-hydrogen) atoms. The van der Waals surface area contributed by atoms with Crippen molar-refractivity contribution in [1.82, 2.24) is 25.8 Å². The third kappa shape index (κ3) is 17.6. The lowest BCUT2D eigenvalue weighted by Gasteiger charge is -2.24. The normalized spacial score (nSPS) is 13.3. The van der Waals surface area contributed by atoms with E-state index >= 15 is 0 Å². The highest BCUT2D eigenvalue weighted by Gasteiger charge is 2.34. The van der Waals surface area contributed by atoms with E-state index in [1.165, 1.54) is 37.6 Å². The molecule has 0 unspecified atom stereocenters. The average Bonchev–Trinajstić information content (AvgIpc) is 3.23. The molecule has 0 spiro atoms. The molecule has 3 atom stereocenters. The number of carbonyl (C=O) groups excluding carboxylic acids is 4. The molecule has 376 valence electrons. The third-order valence-electron chi connectivity index (χ3n) is 9.97. The predicted octanol–water partition coefficient (Wildman–Crippen LogP) is 0.615. The van der Waals surface area contributed by atoms with Gasteiger partial charge in [-0.15, -0.1) is 0 Å². The van der Waals surface area contributed by atoms with Gasteiger partial charge in [0.15, 0.2) is 9.84 Å². The van der Waals surface area contributed by atoms with E-state index in [2.05, 4.69) is 10.3 Å². The number of rotatable bonds is 23. The first-order valence-corrected chi connectivity index (χ1v) is 27.1. The van der Waals surface area contributed by atoms with E-state index < -0.39 is 106 Å². The van der Waals surface area contributed by atoms with E-state index in [1.807, 2.05) is 56.3 Å². The fraction of sp³-hybridized carbons (Fsp3) is 0.341. The second-order valence-corrected chi connectivity index (χ2v) is 22.5. The second kappa shape index (κ2) is 23.2. The van der Waals surface area contributed by atoms with Crippen LogP contribution in [0.2, 0.25) is 5.02 Å². The van der Waals surface area contributed by atoms with Gasteiger partial charge in [-0.2, -0.15) is 25.3 Å². The number of pyridine rings is 1. The van der Waals surface area contributed by atoms with Gasteiger partial charge in [-0.3, -0.25) is 37.8 Å². The summed E-state index contributed by atoms with van der Waals surface area (Å²) in [5, 5.41) is 5.66. The molecule has 1 aromatic heterocycles. The molecule has 4 amide bonds. The van der Waals surface area contributed by atoms with E-state index in [-0.39, 0.29) is 46.7 Å². The summed E-state index contributed by atoms with van der Waals surface area (Å²) in [4.78, 5) is 57.2. The first-order chi connectivity index (χ1) is 31.9. The Labute approximate surface area is 403 Å². The molecule has 0 aliphatic carbocycles. The van der Waals surface area contributed by atoms with Crippen molar-refractivity contribution in [3.63, 3.8) is 0 Å². The number of likely N-dealkylation sites (N-methyl/N-ethyl adjacent to an activating group) is 1. The summed E-state index contributed by atoms with van der Waals surface area (Å²) in [6, 6.07) is 11.2. The Morgan fingerprint density at radius 2 is 1.30 bits per heavy atom. The summed E-state index contributed by atoms with van der Waals surface area (Å²) in [5.74, 6) is -9.73. The molecule has 0 saturated carbocycles. The average molecular weight is 1060 g/mol. The number of nitrogens with one attached hydrogen (secondary N) is 3. The number of ether oxygens (including phenoxy) is 2. The van der Waals surface area contributed by atoms with Crippen LogP contribution >= 0.6 is 11.6 Å². The number of aromatic nitrogens is 1. The summed E-state index contributed by atoms with van der Waals surface area (Å²) < 4.78 is 134. The zero-order valence-corrected chi connectivity index (χ0v) is 41.2. The summed E-state index contributed by atoms with van der Waals surface area (Å²) >= 11 is 6.73. The van der Waals surface area contributed by atoms with Crippen molar-refractivity contribution in [2.24, 2.45) is 5.73 Å². The number of amides is 4. The highest BCUT2D eigenvalue weighted by Crippen LogP contribution is 2.36. The second-order valence-electron chi connectivity index (χ2n) is 15.6. The highest BCUT2D eigenvalue weighted by molar-refractivity contribution is 7.90. The SMILES string of the molecule is Cc1ccccc1-c1cccc(COc2cc(OCc3cncc(S(C)(=O)=O)c3)c(CN(C)C(=O)CNC(=O)[C@H](CS(=O)(=O)O)NC(=O)[C@H](CS(=O)(=O)O)NC(=O)[C@@H](N)CS(=O)(=O)O)cc2Cl)c1C. The Hall–Kier alpha value is -5.78. The number of aryl methyl sites for hydroxylation is 1. The van der Waals surface area contributed by atoms with E-state index in [0.717, 1.165) is 39.0 Å². The lowest BCUT2D eigenvalue weighted by atomic mass is 9.94. The lowest BCUT2D eigenvalue weighted by Crippen LogP contribution is -2.59. The Balaban J connectivity index is 1.55. The maximum atomic E-state index is 13.4. The van der Waals surface area contributed by atoms with Gasteiger partial charge in [0.25, 0.3) is 30.4 Å². The van der Waals surface area contributed by atoms with Gasteiger partial charge >= 0.3 is 0 Å². The Morgan fingerprint density at radius 1 is 0.725 bits per heavy atom. The smallest absolute Gasteiger partial charge is 0.267 e. The first kappa shape index (κ1) is 55.8. The van der Waals surface area contributed by atoms with Crippen molar-refractivity contribution in [3.8, 4) is 22.6 Å². The molecule has 4 rings (SSSR count). The Bertz CT molecular complexity index is 3050. The van der Waals surface area contributed by atoms with Crippen LogP contribution in [0.25, 0.3) is 11.1 Å². The number of hydrogen-bond acceptors (Lipinski definition) is 16. The number of halogens is 1. The van der Waals surface area contributed by atoms with Crippen LogP contribution in [-0.4, -0.2) is 136 Å². The van der Waals surface area contributed by atoms with Gasteiger partial charge in [0.2, 0.25) is 23.6 Å². The van der Waals surface area contributed by atoms with Gasteiger partial charge in [0.1, 0.15) is 54.3 Å². The maximum Gasteiger partial charge on any atom is 0.267 e. The quantitative estimate of drug-likeness (QED) is 0.0501. The molecular formula is C41H49ClN6O17S4. The Kier molecular flexibility index (Phi) is 18.8. The zero-order valence-electron chi connectivity index (χ0n) is 37.1. The summed E-state index contributed by atoms with van der Waals surface area (Å²) in [7, 11) is -17.5. The van der Waals surface area contributed by atoms with Crippen molar-refractivity contribution < 1.29 is 76.0 Å². The minimum atomic E-state index is -5.14. The van der Waals surface area contributed by atoms with Crippen molar-refractivity contribution in [3.05, 3.63) is 106 Å². The standard InChI is InChI=1S/C41H49ClN6O17S4/c1-24-8-5-6-10-30(24)31-11-7-9-27(25(31)2)20-65-37-14-36(64-19-26-12-29(16-44-15-26)66(4,53)54)28(13-32(37)42)18-48(3)38(49)17-45-40(51)34(22-68(58,59)60)47-41(52)35(23-69(61,62)63)46-39(50)33(43)21-67(55,56)57/h5-16,33-35H,17-23,43H2,1-4H3,(H,45,51)(H,46,50)(H,47,52)(H,55,56,57)(H,58,59,60)(H,61,62,63)/t33-,34-,35-/m0/s1. The molecule has 0 fully saturated rings. The summed E-state index contributed by atoms with van der Waals surface area (Å²) in [5.41, 5.74) is 10.9. The predicted molar refractivity (Wildman–Crippen MR) is 249 cm³/mol. The van der Waals surface area contributed by atoms with Gasteiger partial charge in [-0.25, -0.2) is 8.42 Å². The fourth-order valence-electron chi connectivity index (χ4n) is 6.42. The zero-order chi connectivity index (χ0) is 51.6. The molecule has 3 aromatic carbocycles. The van der Waals surface area contributed by atoms with Gasteiger partial charge in [-0.1, -0.05) is 54.1 Å². The van der Waals surface area contributed by atoms with Crippen molar-refractivity contribution in [2.45, 2.75) is 56.6 Å². The van der Waals surface area contributed by atoms with E-state index in [0.29, 0.717) is 5.56 Å². The number of nitrogens with zero attached hydrogens (tertiary/aromatic N) is 2. The van der Waals surface area contributed by atoms with Crippen LogP contribution in [0.1, 0.15) is 27.8 Å². The summed E-state index contributed by atoms with van der Waals surface area (Å²) in [6.07, 6.45) is 3.57. The molecule has 0 aliphatic rings. The van der Waals surface area contributed by atoms with Gasteiger partial charge in [0.05, 0.1) is 22.2 Å². The molecule has 23 nitrogen and oxygen atoms in total. The minimum absolute atomic E-state index is 0.0683. The molecule has 4 aromatic rings. The van der Waals surface area contributed by atoms with Crippen molar-refractivity contribution >= 4 is 75.4 Å². The van der Waals surface area contributed by atoms with E-state index in [1.54, 1.807) is 10.6 Å². The van der Waals surface area contributed by atoms with Gasteiger partial charge in [-0.05, 0) is 53.8 Å². The highest BCUT2D eigenvalue weighted by atomic mass is 35.5. The maximum absolute atomic E-state index is 13.4. The molecule has 8 N–H and O–H groups in total. The Morgan fingerprint density at radius 3 is 1.91 bits per heavy atom. The molecular weight excluding hydrogens is 1010 g/mol. The largest absolute Gasteiger partial charge is 0.488 e. The lowest BCUT2D eigenvalue weighted by molar-refractivity contribution is -0.134. The van der Waals surface area contributed by atoms with Crippen LogP contribution in [0.3, 0.4) is 0 Å². The van der Waals surface area contributed by atoms with Crippen LogP contribution < -0.4 is 31.2 Å². The fourth-order valence-corrected chi connectivity index (χ4v) is 9.19. The van der Waals surface area contributed by atoms with Crippen molar-refractivity contribution in [2.75, 3.05) is 37.1 Å². The number of carbonyl (C=O) groups is 4. The molecule has 0 bridgehead atoms.